The first-order chi connectivity index (χ1) is 12.7. The summed E-state index contributed by atoms with van der Waals surface area (Å²) in [5.41, 5.74) is 1.98. The second-order valence-corrected chi connectivity index (χ2v) is 7.76. The van der Waals surface area contributed by atoms with E-state index in [0.717, 1.165) is 5.56 Å². The van der Waals surface area contributed by atoms with Crippen LogP contribution in [0.2, 0.25) is 0 Å². The number of aryl methyl sites for hydroxylation is 1. The van der Waals surface area contributed by atoms with Crippen LogP contribution in [0.25, 0.3) is 5.57 Å². The number of anilines is 1. The van der Waals surface area contributed by atoms with E-state index in [1.54, 1.807) is 20.8 Å². The van der Waals surface area contributed by atoms with Crippen molar-refractivity contribution in [3.63, 3.8) is 0 Å². The summed E-state index contributed by atoms with van der Waals surface area (Å²) >= 11 is 0. The van der Waals surface area contributed by atoms with Crippen LogP contribution in [0.5, 0.6) is 0 Å². The summed E-state index contributed by atoms with van der Waals surface area (Å²) in [5, 5.41) is 12.6. The number of rotatable bonds is 2. The quantitative estimate of drug-likeness (QED) is 0.778. The molecule has 144 valence electrons. The van der Waals surface area contributed by atoms with Crippen LogP contribution in [0.1, 0.15) is 38.3 Å². The van der Waals surface area contributed by atoms with Crippen molar-refractivity contribution >= 4 is 23.3 Å². The van der Waals surface area contributed by atoms with Crippen LogP contribution < -0.4 is 10.2 Å². The number of carbonyl (C=O) groups is 1. The maximum Gasteiger partial charge on any atom is 0.407 e. The van der Waals surface area contributed by atoms with Gasteiger partial charge in [0.2, 0.25) is 0 Å². The number of ether oxygens (including phenoxy) is 1. The van der Waals surface area contributed by atoms with Gasteiger partial charge in [-0.2, -0.15) is 0 Å². The number of aliphatic hydroxyl groups excluding tert-OH is 1. The number of nitrogens with zero attached hydrogens (tertiary/aromatic N) is 1. The van der Waals surface area contributed by atoms with Crippen LogP contribution in [0.3, 0.4) is 0 Å². The van der Waals surface area contributed by atoms with Crippen molar-refractivity contribution in [2.75, 3.05) is 18.1 Å². The first kappa shape index (κ1) is 19.1. The summed E-state index contributed by atoms with van der Waals surface area (Å²) in [4.78, 5) is 25.3. The monoisotopic (exact) mass is 374 g/mol. The van der Waals surface area contributed by atoms with Gasteiger partial charge in [0.1, 0.15) is 17.4 Å². The lowest BCUT2D eigenvalue weighted by Gasteiger charge is -2.34. The number of halogens is 1. The number of hydrogen-bond acceptors (Lipinski definition) is 5. The molecule has 0 radical (unpaired) electrons. The number of carbonyl (C=O) groups excluding carboxylic acids is 2. The molecule has 0 aromatic heterocycles. The fourth-order valence-corrected chi connectivity index (χ4v) is 3.49. The minimum Gasteiger partial charge on any atom is -0.444 e. The Bertz CT molecular complexity index is 850. The van der Waals surface area contributed by atoms with Crippen LogP contribution in [0.15, 0.2) is 23.9 Å². The molecule has 0 fully saturated rings. The molecule has 3 rings (SSSR count). The highest BCUT2D eigenvalue weighted by Crippen LogP contribution is 2.40. The second kappa shape index (κ2) is 7.18. The third kappa shape index (κ3) is 4.04. The topological polar surface area (TPSA) is 78.9 Å². The van der Waals surface area contributed by atoms with E-state index in [1.807, 2.05) is 10.8 Å². The molecule has 2 aliphatic rings. The maximum absolute atomic E-state index is 14.1. The summed E-state index contributed by atoms with van der Waals surface area (Å²) in [5.74, 6) is 1.40. The highest BCUT2D eigenvalue weighted by atomic mass is 19.1. The zero-order valence-electron chi connectivity index (χ0n) is 15.6. The Kier molecular flexibility index (Phi) is 5.09. The molecule has 0 saturated heterocycles. The van der Waals surface area contributed by atoms with Crippen molar-refractivity contribution in [2.24, 2.45) is 0 Å². The molecule has 0 saturated carbocycles. The largest absolute Gasteiger partial charge is 0.444 e. The van der Waals surface area contributed by atoms with Gasteiger partial charge in [0.15, 0.2) is 0 Å². The molecule has 0 aliphatic carbocycles. The first-order valence-electron chi connectivity index (χ1n) is 8.88. The number of benzene rings is 1. The van der Waals surface area contributed by atoms with Gasteiger partial charge in [0.05, 0.1) is 23.9 Å². The van der Waals surface area contributed by atoms with E-state index in [4.69, 9.17) is 4.74 Å². The average Bonchev–Trinajstić information content (AvgIpc) is 2.74. The van der Waals surface area contributed by atoms with Crippen LogP contribution in [0, 0.1) is 5.82 Å². The molecule has 1 aromatic rings. The Hall–Kier alpha value is -2.63. The number of amides is 1. The Morgan fingerprint density at radius 2 is 2.19 bits per heavy atom. The Labute approximate surface area is 157 Å². The van der Waals surface area contributed by atoms with Crippen molar-refractivity contribution in [3.8, 4) is 0 Å². The summed E-state index contributed by atoms with van der Waals surface area (Å²) < 4.78 is 19.4. The lowest BCUT2D eigenvalue weighted by Crippen LogP contribution is -2.45. The fourth-order valence-electron chi connectivity index (χ4n) is 3.49. The zero-order chi connectivity index (χ0) is 19.8. The molecule has 2 aliphatic heterocycles. The van der Waals surface area contributed by atoms with Gasteiger partial charge in [-0.05, 0) is 57.4 Å². The molecule has 2 N–H and O–H groups in total. The van der Waals surface area contributed by atoms with Gasteiger partial charge < -0.3 is 20.1 Å². The predicted molar refractivity (Wildman–Crippen MR) is 99.5 cm³/mol. The van der Waals surface area contributed by atoms with Gasteiger partial charge in [-0.25, -0.2) is 14.0 Å². The van der Waals surface area contributed by atoms with Crippen molar-refractivity contribution < 1.29 is 23.8 Å². The smallest absolute Gasteiger partial charge is 0.407 e. The number of allylic oxidation sites excluding steroid dienone is 2. The standard InChI is InChI=1S/C20H23FN2O4/c1-20(2,3)27-19(26)22-15-5-4-12-6-14(21)8-17-13(10-24)7-16(11-25)23(9-15)18(12)17/h6-8,15,25H,4-5,9,11H2,1-3H3,(H,22,26). The van der Waals surface area contributed by atoms with Gasteiger partial charge in [0.25, 0.3) is 0 Å². The van der Waals surface area contributed by atoms with Gasteiger partial charge in [-0.1, -0.05) is 0 Å². The molecule has 1 amide bonds. The third-order valence-corrected chi connectivity index (χ3v) is 4.53. The van der Waals surface area contributed by atoms with E-state index in [1.165, 1.54) is 18.2 Å². The van der Waals surface area contributed by atoms with E-state index in [2.05, 4.69) is 5.32 Å². The lowest BCUT2D eigenvalue weighted by molar-refractivity contribution is 0.0504. The number of hydrogen-bond donors (Lipinski definition) is 2. The molecule has 6 nitrogen and oxygen atoms in total. The summed E-state index contributed by atoms with van der Waals surface area (Å²) in [7, 11) is 0. The maximum atomic E-state index is 14.1. The van der Waals surface area contributed by atoms with Gasteiger partial charge in [0, 0.05) is 17.8 Å². The summed E-state index contributed by atoms with van der Waals surface area (Å²) in [6.45, 7) is 5.45. The molecular formula is C20H23FN2O4. The van der Waals surface area contributed by atoms with Crippen LogP contribution in [0.4, 0.5) is 14.9 Å². The SMILES string of the molecule is CC(C)(C)OC(=O)NC1CCc2cc(F)cc3c2N(C1)C(CO)=CC3=C=O. The summed E-state index contributed by atoms with van der Waals surface area (Å²) in [6, 6.07) is 2.47. The number of nitrogens with one attached hydrogen (secondary N) is 1. The molecule has 1 aromatic carbocycles. The van der Waals surface area contributed by atoms with Crippen molar-refractivity contribution in [1.82, 2.24) is 5.32 Å². The minimum absolute atomic E-state index is 0.213. The van der Waals surface area contributed by atoms with Crippen LogP contribution in [-0.2, 0) is 16.0 Å². The Balaban J connectivity index is 1.95. The lowest BCUT2D eigenvalue weighted by atomic mass is 9.94. The van der Waals surface area contributed by atoms with Gasteiger partial charge in [-0.15, -0.1) is 0 Å². The van der Waals surface area contributed by atoms with Crippen molar-refractivity contribution in [1.29, 1.82) is 0 Å². The molecule has 27 heavy (non-hydrogen) atoms. The molecule has 7 heteroatoms. The zero-order valence-corrected chi connectivity index (χ0v) is 15.6. The number of alkyl carbamates (subject to hydrolysis) is 1. The molecule has 1 unspecified atom stereocenters. The highest BCUT2D eigenvalue weighted by molar-refractivity contribution is 6.01. The fraction of sp³-hybridized carbons (Fsp3) is 0.450. The van der Waals surface area contributed by atoms with Crippen LogP contribution >= 0.6 is 0 Å². The van der Waals surface area contributed by atoms with Gasteiger partial charge in [-0.3, -0.25) is 0 Å². The molecule has 1 atom stereocenters. The van der Waals surface area contributed by atoms with Crippen molar-refractivity contribution in [2.45, 2.75) is 45.3 Å². The average molecular weight is 374 g/mol. The summed E-state index contributed by atoms with van der Waals surface area (Å²) in [6.07, 6.45) is 2.07. The van der Waals surface area contributed by atoms with Crippen LogP contribution in [-0.4, -0.2) is 41.9 Å². The molecule has 0 bridgehead atoms. The van der Waals surface area contributed by atoms with Crippen molar-refractivity contribution in [3.05, 3.63) is 40.8 Å². The highest BCUT2D eigenvalue weighted by Gasteiger charge is 2.32. The Morgan fingerprint density at radius 1 is 1.44 bits per heavy atom. The van der Waals surface area contributed by atoms with E-state index in [-0.39, 0.29) is 18.2 Å². The molecule has 2 heterocycles. The first-order valence-corrected chi connectivity index (χ1v) is 8.88. The molecular weight excluding hydrogens is 351 g/mol. The van der Waals surface area contributed by atoms with E-state index < -0.39 is 17.5 Å². The minimum atomic E-state index is -0.612. The molecule has 0 spiro atoms. The third-order valence-electron chi connectivity index (χ3n) is 4.53. The number of aliphatic hydroxyl groups is 1. The van der Waals surface area contributed by atoms with Gasteiger partial charge >= 0.3 is 6.09 Å². The Morgan fingerprint density at radius 3 is 2.81 bits per heavy atom. The second-order valence-electron chi connectivity index (χ2n) is 7.76. The predicted octanol–water partition coefficient (Wildman–Crippen LogP) is 2.58. The van der Waals surface area contributed by atoms with E-state index in [9.17, 15) is 19.1 Å². The van der Waals surface area contributed by atoms with E-state index >= 15 is 0 Å². The van der Waals surface area contributed by atoms with E-state index in [0.29, 0.717) is 36.3 Å². The normalized spacial score (nSPS) is 18.9.